The number of aromatic nitrogens is 5. The maximum absolute atomic E-state index is 12.2. The van der Waals surface area contributed by atoms with E-state index in [4.69, 9.17) is 14.2 Å². The Morgan fingerprint density at radius 3 is 2.55 bits per heavy atom. The molecule has 5 atom stereocenters. The van der Waals surface area contributed by atoms with Crippen molar-refractivity contribution in [1.29, 1.82) is 0 Å². The molecule has 1 aliphatic heterocycles. The number of rotatable bonds is 8. The molecule has 1 aromatic carbocycles. The van der Waals surface area contributed by atoms with E-state index in [0.717, 1.165) is 9.25 Å². The second kappa shape index (κ2) is 11.2. The normalized spacial score (nSPS) is 23.6. The van der Waals surface area contributed by atoms with Crippen molar-refractivity contribution in [3.05, 3.63) is 62.6 Å². The van der Waals surface area contributed by atoms with E-state index in [9.17, 15) is 30.0 Å². The summed E-state index contributed by atoms with van der Waals surface area (Å²) in [5.74, 6) is 0.909. The van der Waals surface area contributed by atoms with Crippen LogP contribution in [0.1, 0.15) is 17.5 Å². The second-order valence-electron chi connectivity index (χ2n) is 8.57. The Kier molecular flexibility index (Phi) is 8.03. The number of methoxy groups -OCH3 is 1. The van der Waals surface area contributed by atoms with Gasteiger partial charge in [0.25, 0.3) is 5.56 Å². The molecular formula is C23H28N6O9. The zero-order valence-electron chi connectivity index (χ0n) is 20.8. The number of hydrogen-bond acceptors (Lipinski definition) is 12. The van der Waals surface area contributed by atoms with Crippen molar-refractivity contribution in [2.24, 2.45) is 19.1 Å². The van der Waals surface area contributed by atoms with Crippen molar-refractivity contribution in [3.8, 4) is 11.5 Å². The number of benzene rings is 1. The molecule has 1 aliphatic rings. The molecule has 0 amide bonds. The van der Waals surface area contributed by atoms with Crippen molar-refractivity contribution in [2.45, 2.75) is 37.3 Å². The average Bonchev–Trinajstić information content (AvgIpc) is 3.39. The first-order valence-corrected chi connectivity index (χ1v) is 11.5. The largest absolute Gasteiger partial charge is 0.496 e. The minimum atomic E-state index is -1.56. The van der Waals surface area contributed by atoms with Crippen LogP contribution in [-0.2, 0) is 25.4 Å². The van der Waals surface area contributed by atoms with Crippen LogP contribution in [0.15, 0.2) is 45.0 Å². The number of aliphatic hydroxyl groups excluding tert-OH is 4. The lowest BCUT2D eigenvalue weighted by Gasteiger charge is -2.39. The predicted molar refractivity (Wildman–Crippen MR) is 131 cm³/mol. The molecule has 0 saturated carbocycles. The molecule has 1 fully saturated rings. The summed E-state index contributed by atoms with van der Waals surface area (Å²) in [6.07, 6.45) is -4.02. The van der Waals surface area contributed by atoms with Crippen molar-refractivity contribution >= 4 is 12.0 Å². The molecule has 15 nitrogen and oxygen atoms in total. The number of aliphatic hydroxyl groups is 4. The van der Waals surface area contributed by atoms with Gasteiger partial charge in [-0.1, -0.05) is 11.3 Å². The highest BCUT2D eigenvalue weighted by atomic mass is 16.6. The molecule has 2 aromatic heterocycles. The van der Waals surface area contributed by atoms with E-state index >= 15 is 0 Å². The van der Waals surface area contributed by atoms with Gasteiger partial charge in [0.2, 0.25) is 0 Å². The third-order valence-corrected chi connectivity index (χ3v) is 6.13. The number of nitrogens with zero attached hydrogens (tertiary/aromatic N) is 6. The summed E-state index contributed by atoms with van der Waals surface area (Å²) in [6, 6.07) is 6.27. The number of aliphatic imine (C=N–C) groups is 1. The molecule has 3 aromatic rings. The van der Waals surface area contributed by atoms with Crippen LogP contribution in [-0.4, -0.2) is 88.9 Å². The summed E-state index contributed by atoms with van der Waals surface area (Å²) in [4.78, 5) is 28.5. The molecular weight excluding hydrogens is 504 g/mol. The van der Waals surface area contributed by atoms with Gasteiger partial charge in [-0.25, -0.2) is 14.5 Å². The van der Waals surface area contributed by atoms with Crippen LogP contribution >= 0.6 is 0 Å². The maximum atomic E-state index is 12.2. The highest BCUT2D eigenvalue weighted by Crippen LogP contribution is 2.29. The molecule has 0 unspecified atom stereocenters. The lowest BCUT2D eigenvalue weighted by molar-refractivity contribution is -0.254. The Morgan fingerprint density at radius 2 is 1.84 bits per heavy atom. The summed E-state index contributed by atoms with van der Waals surface area (Å²) in [7, 11) is 4.33. The second-order valence-corrected chi connectivity index (χ2v) is 8.57. The third-order valence-electron chi connectivity index (χ3n) is 6.13. The summed E-state index contributed by atoms with van der Waals surface area (Å²) in [5.41, 5.74) is -0.256. The van der Waals surface area contributed by atoms with Crippen molar-refractivity contribution in [3.63, 3.8) is 0 Å². The van der Waals surface area contributed by atoms with Crippen LogP contribution in [0.25, 0.3) is 0 Å². The fourth-order valence-corrected chi connectivity index (χ4v) is 3.89. The summed E-state index contributed by atoms with van der Waals surface area (Å²) in [5, 5.41) is 47.6. The summed E-state index contributed by atoms with van der Waals surface area (Å²) < 4.78 is 20.1. The Balaban J connectivity index is 1.55. The number of hydrogen-bond donors (Lipinski definition) is 4. The standard InChI is InChI=1S/C23H28N6O9/c1-27-17(7-18(31)28(2)23(27)35)24-8-13-14(36-3)5-4-6-15(13)37-11-12-9-29(26-25-12)22-21(34)20(33)19(32)16(10-30)38-22/h4-9,16,19-22,30,32-34H,10-11H2,1-3H3/b24-8+/t16-,19-,20+,21-,22-/m1/s1. The molecule has 4 N–H and O–H groups in total. The number of ether oxygens (including phenoxy) is 3. The van der Waals surface area contributed by atoms with Crippen LogP contribution in [0.2, 0.25) is 0 Å². The van der Waals surface area contributed by atoms with Crippen molar-refractivity contribution in [1.82, 2.24) is 24.1 Å². The van der Waals surface area contributed by atoms with E-state index in [0.29, 0.717) is 22.8 Å². The van der Waals surface area contributed by atoms with Gasteiger partial charge in [0.1, 0.15) is 54.0 Å². The van der Waals surface area contributed by atoms with E-state index in [1.165, 1.54) is 44.3 Å². The predicted octanol–water partition coefficient (Wildman–Crippen LogP) is -2.01. The fraction of sp³-hybridized carbons (Fsp3) is 0.435. The topological polar surface area (TPSA) is 196 Å². The van der Waals surface area contributed by atoms with Gasteiger partial charge in [0.05, 0.1) is 25.5 Å². The van der Waals surface area contributed by atoms with E-state index in [-0.39, 0.29) is 12.4 Å². The van der Waals surface area contributed by atoms with E-state index in [1.54, 1.807) is 18.2 Å². The first-order chi connectivity index (χ1) is 18.2. The first kappa shape index (κ1) is 27.2. The van der Waals surface area contributed by atoms with Gasteiger partial charge < -0.3 is 34.6 Å². The molecule has 0 aliphatic carbocycles. The van der Waals surface area contributed by atoms with Crippen molar-refractivity contribution < 1.29 is 34.6 Å². The van der Waals surface area contributed by atoms with Crippen LogP contribution in [0.5, 0.6) is 11.5 Å². The Hall–Kier alpha value is -3.89. The molecule has 4 rings (SSSR count). The van der Waals surface area contributed by atoms with E-state index in [2.05, 4.69) is 15.3 Å². The summed E-state index contributed by atoms with van der Waals surface area (Å²) in [6.45, 7) is -0.645. The van der Waals surface area contributed by atoms with E-state index < -0.39 is 48.5 Å². The van der Waals surface area contributed by atoms with Gasteiger partial charge >= 0.3 is 5.69 Å². The zero-order chi connectivity index (χ0) is 27.6. The molecule has 1 saturated heterocycles. The SMILES string of the molecule is COc1cccc(OCc2cn([C@@H]3O[C@H](CO)[C@@H](O)[C@H](O)[C@H]3O)nn2)c1/C=N/c1cc(=O)n(C)c(=O)n1C. The quantitative estimate of drug-likeness (QED) is 0.234. The highest BCUT2D eigenvalue weighted by Gasteiger charge is 2.44. The molecule has 15 heteroatoms. The maximum Gasteiger partial charge on any atom is 0.332 e. The van der Waals surface area contributed by atoms with Crippen LogP contribution < -0.4 is 20.7 Å². The monoisotopic (exact) mass is 532 g/mol. The van der Waals surface area contributed by atoms with Gasteiger partial charge in [0.15, 0.2) is 6.23 Å². The van der Waals surface area contributed by atoms with Crippen LogP contribution in [0.3, 0.4) is 0 Å². The van der Waals surface area contributed by atoms with Gasteiger partial charge in [-0.2, -0.15) is 0 Å². The molecule has 3 heterocycles. The highest BCUT2D eigenvalue weighted by molar-refractivity contribution is 5.88. The Morgan fingerprint density at radius 1 is 1.11 bits per heavy atom. The minimum Gasteiger partial charge on any atom is -0.496 e. The average molecular weight is 533 g/mol. The van der Waals surface area contributed by atoms with Gasteiger partial charge in [-0.15, -0.1) is 5.10 Å². The van der Waals surface area contributed by atoms with Crippen molar-refractivity contribution in [2.75, 3.05) is 13.7 Å². The smallest absolute Gasteiger partial charge is 0.332 e. The molecule has 38 heavy (non-hydrogen) atoms. The van der Waals surface area contributed by atoms with E-state index in [1.807, 2.05) is 0 Å². The molecule has 0 bridgehead atoms. The molecule has 204 valence electrons. The Bertz CT molecular complexity index is 1430. The van der Waals surface area contributed by atoms with Crippen LogP contribution in [0.4, 0.5) is 5.82 Å². The third kappa shape index (κ3) is 5.23. The van der Waals surface area contributed by atoms with Gasteiger partial charge in [0, 0.05) is 26.4 Å². The van der Waals surface area contributed by atoms with Gasteiger partial charge in [-0.05, 0) is 12.1 Å². The lowest BCUT2D eigenvalue weighted by atomic mass is 9.98. The first-order valence-electron chi connectivity index (χ1n) is 11.5. The fourth-order valence-electron chi connectivity index (χ4n) is 3.89. The minimum absolute atomic E-state index is 0.0736. The lowest BCUT2D eigenvalue weighted by Crippen LogP contribution is -2.56. The zero-order valence-corrected chi connectivity index (χ0v) is 20.8. The van der Waals surface area contributed by atoms with Crippen LogP contribution in [0, 0.1) is 0 Å². The molecule has 0 radical (unpaired) electrons. The molecule has 0 spiro atoms. The Labute approximate surface area is 215 Å². The van der Waals surface area contributed by atoms with Gasteiger partial charge in [-0.3, -0.25) is 13.9 Å². The summed E-state index contributed by atoms with van der Waals surface area (Å²) >= 11 is 0.